The molecule has 0 fully saturated rings. The van der Waals surface area contributed by atoms with E-state index in [9.17, 15) is 23.1 Å². The molecule has 2 aromatic heterocycles. The Labute approximate surface area is 173 Å². The molecule has 0 atom stereocenters. The molecule has 0 spiro atoms. The van der Waals surface area contributed by atoms with Crippen LogP contribution in [-0.2, 0) is 11.3 Å². The molecule has 10 heteroatoms. The number of carbonyl (C=O) groups excluding carboxylic acids is 1. The van der Waals surface area contributed by atoms with Crippen molar-refractivity contribution < 1.29 is 23.1 Å². The summed E-state index contributed by atoms with van der Waals surface area (Å²) in [6, 6.07) is 6.21. The molecule has 0 aliphatic carbocycles. The van der Waals surface area contributed by atoms with Crippen LogP contribution in [0.5, 0.6) is 5.88 Å². The van der Waals surface area contributed by atoms with Crippen molar-refractivity contribution in [2.45, 2.75) is 13.5 Å². The second-order valence-corrected chi connectivity index (χ2v) is 7.11. The number of aromatic hydroxyl groups is 1. The van der Waals surface area contributed by atoms with E-state index in [1.54, 1.807) is 22.8 Å². The van der Waals surface area contributed by atoms with Crippen molar-refractivity contribution in [1.29, 1.82) is 0 Å². The summed E-state index contributed by atoms with van der Waals surface area (Å²) in [6.45, 7) is 2.14. The van der Waals surface area contributed by atoms with Crippen molar-refractivity contribution in [3.63, 3.8) is 0 Å². The van der Waals surface area contributed by atoms with Crippen molar-refractivity contribution in [3.8, 4) is 28.4 Å². The largest absolute Gasteiger partial charge is 0.492 e. The van der Waals surface area contributed by atoms with E-state index in [0.29, 0.717) is 41.4 Å². The van der Waals surface area contributed by atoms with Crippen LogP contribution >= 0.6 is 0 Å². The number of imidazole rings is 1. The number of amides is 1. The third-order valence-corrected chi connectivity index (χ3v) is 5.18. The number of carbonyl (C=O) groups is 1. The minimum absolute atomic E-state index is 0.0600. The Morgan fingerprint density at radius 2 is 1.77 bits per heavy atom. The maximum Gasteiger partial charge on any atom is 0.230 e. The fourth-order valence-corrected chi connectivity index (χ4v) is 3.79. The summed E-state index contributed by atoms with van der Waals surface area (Å²) in [5.74, 6) is -3.74. The summed E-state index contributed by atoms with van der Waals surface area (Å²) in [7, 11) is 0. The number of aromatic nitrogens is 4. The van der Waals surface area contributed by atoms with Gasteiger partial charge in [-0.25, -0.2) is 28.1 Å². The first-order chi connectivity index (χ1) is 14.8. The summed E-state index contributed by atoms with van der Waals surface area (Å²) < 4.78 is 43.8. The van der Waals surface area contributed by atoms with E-state index in [4.69, 9.17) is 0 Å². The van der Waals surface area contributed by atoms with Crippen LogP contribution in [0.25, 0.3) is 33.5 Å². The molecule has 7 nitrogen and oxygen atoms in total. The van der Waals surface area contributed by atoms with Gasteiger partial charge in [-0.05, 0) is 18.2 Å². The molecule has 2 aromatic carbocycles. The van der Waals surface area contributed by atoms with Gasteiger partial charge in [0.2, 0.25) is 17.7 Å². The van der Waals surface area contributed by atoms with Gasteiger partial charge in [0.1, 0.15) is 11.5 Å². The number of hydrogen-bond donors (Lipinski definition) is 1. The van der Waals surface area contributed by atoms with Gasteiger partial charge in [-0.15, -0.1) is 0 Å². The first-order valence-electron chi connectivity index (χ1n) is 9.33. The van der Waals surface area contributed by atoms with Crippen molar-refractivity contribution in [2.75, 3.05) is 11.4 Å². The molecular weight excluding hydrogens is 411 g/mol. The summed E-state index contributed by atoms with van der Waals surface area (Å²) >= 11 is 0. The Bertz CT molecular complexity index is 1390. The lowest BCUT2D eigenvalue weighted by Crippen LogP contribution is -2.26. The van der Waals surface area contributed by atoms with Gasteiger partial charge < -0.3 is 9.67 Å². The molecule has 4 aromatic rings. The maximum absolute atomic E-state index is 14.6. The number of hydrogen-bond acceptors (Lipinski definition) is 5. The zero-order valence-electron chi connectivity index (χ0n) is 16.1. The van der Waals surface area contributed by atoms with Crippen molar-refractivity contribution in [3.05, 3.63) is 54.0 Å². The Hall–Kier alpha value is -3.95. The zero-order valence-corrected chi connectivity index (χ0v) is 16.1. The third-order valence-electron chi connectivity index (χ3n) is 5.18. The normalized spacial score (nSPS) is 13.1. The van der Waals surface area contributed by atoms with Crippen LogP contribution in [0.1, 0.15) is 6.92 Å². The van der Waals surface area contributed by atoms with Crippen LogP contribution in [0.15, 0.2) is 36.5 Å². The molecule has 0 radical (unpaired) electrons. The van der Waals surface area contributed by atoms with E-state index < -0.39 is 17.5 Å². The van der Waals surface area contributed by atoms with Gasteiger partial charge in [-0.3, -0.25) is 9.69 Å². The first kappa shape index (κ1) is 19.0. The minimum atomic E-state index is -1.31. The van der Waals surface area contributed by atoms with Crippen LogP contribution < -0.4 is 4.90 Å². The van der Waals surface area contributed by atoms with Crippen molar-refractivity contribution in [1.82, 2.24) is 19.5 Å². The van der Waals surface area contributed by atoms with E-state index >= 15 is 0 Å². The number of nitrogens with zero attached hydrogens (tertiary/aromatic N) is 5. The van der Waals surface area contributed by atoms with E-state index in [1.165, 1.54) is 18.0 Å². The summed E-state index contributed by atoms with van der Waals surface area (Å²) in [5, 5.41) is 9.67. The number of halogens is 3. The van der Waals surface area contributed by atoms with E-state index in [2.05, 4.69) is 15.0 Å². The fourth-order valence-electron chi connectivity index (χ4n) is 3.79. The lowest BCUT2D eigenvalue weighted by Gasteiger charge is -2.10. The van der Waals surface area contributed by atoms with Gasteiger partial charge in [0.05, 0.1) is 22.9 Å². The standard InChI is InChI=1S/C21H14F3N5O2/c1-10(30)28-4-5-29-20(11-2-3-16-17(6-11)26-18(31)9-25-16)19(27-21(28)29)12-7-14(23)15(24)8-13(12)22/h2-3,6-9H,4-5H2,1H3,(H,26,31). The molecule has 156 valence electrons. The molecule has 0 saturated heterocycles. The first-order valence-corrected chi connectivity index (χ1v) is 9.33. The van der Waals surface area contributed by atoms with E-state index in [0.717, 1.165) is 6.07 Å². The van der Waals surface area contributed by atoms with E-state index in [-0.39, 0.29) is 29.0 Å². The number of anilines is 1. The molecule has 1 N–H and O–H groups in total. The second-order valence-electron chi connectivity index (χ2n) is 7.11. The Kier molecular flexibility index (Phi) is 4.17. The molecule has 0 bridgehead atoms. The lowest BCUT2D eigenvalue weighted by molar-refractivity contribution is -0.116. The average molecular weight is 425 g/mol. The summed E-state index contributed by atoms with van der Waals surface area (Å²) in [4.78, 5) is 26.0. The summed E-state index contributed by atoms with van der Waals surface area (Å²) in [5.41, 5.74) is 1.68. The topological polar surface area (TPSA) is 84.1 Å². The molecule has 1 amide bonds. The lowest BCUT2D eigenvalue weighted by atomic mass is 10.0. The molecule has 31 heavy (non-hydrogen) atoms. The van der Waals surface area contributed by atoms with Crippen molar-refractivity contribution >= 4 is 22.9 Å². The van der Waals surface area contributed by atoms with Crippen LogP contribution in [-0.4, -0.2) is 37.1 Å². The highest BCUT2D eigenvalue weighted by Crippen LogP contribution is 2.40. The third kappa shape index (κ3) is 2.98. The Morgan fingerprint density at radius 1 is 1.00 bits per heavy atom. The SMILES string of the molecule is CC(=O)N1CCn2c1nc(-c1cc(F)c(F)cc1F)c2-c1ccc2ncc(O)nc2c1. The molecule has 5 rings (SSSR count). The molecular formula is C21H14F3N5O2. The van der Waals surface area contributed by atoms with Crippen LogP contribution in [0, 0.1) is 17.5 Å². The highest BCUT2D eigenvalue weighted by atomic mass is 19.2. The van der Waals surface area contributed by atoms with Gasteiger partial charge in [0.15, 0.2) is 11.6 Å². The molecule has 1 aliphatic rings. The predicted octanol–water partition coefficient (Wildman–Crippen LogP) is 3.65. The van der Waals surface area contributed by atoms with Gasteiger partial charge >= 0.3 is 0 Å². The van der Waals surface area contributed by atoms with E-state index in [1.807, 2.05) is 0 Å². The van der Waals surface area contributed by atoms with Gasteiger partial charge in [-0.2, -0.15) is 0 Å². The maximum atomic E-state index is 14.6. The van der Waals surface area contributed by atoms with Crippen molar-refractivity contribution in [2.24, 2.45) is 0 Å². The number of rotatable bonds is 2. The minimum Gasteiger partial charge on any atom is -0.492 e. The van der Waals surface area contributed by atoms with Crippen LogP contribution in [0.2, 0.25) is 0 Å². The van der Waals surface area contributed by atoms with Gasteiger partial charge in [-0.1, -0.05) is 6.07 Å². The summed E-state index contributed by atoms with van der Waals surface area (Å²) in [6.07, 6.45) is 1.21. The highest BCUT2D eigenvalue weighted by Gasteiger charge is 2.31. The molecule has 0 saturated carbocycles. The second kappa shape index (κ2) is 6.79. The smallest absolute Gasteiger partial charge is 0.230 e. The van der Waals surface area contributed by atoms with Gasteiger partial charge in [0, 0.05) is 37.2 Å². The van der Waals surface area contributed by atoms with Gasteiger partial charge in [0.25, 0.3) is 0 Å². The zero-order chi connectivity index (χ0) is 21.9. The number of benzene rings is 2. The fraction of sp³-hybridized carbons (Fsp3) is 0.143. The monoisotopic (exact) mass is 425 g/mol. The average Bonchev–Trinajstić information content (AvgIpc) is 3.29. The predicted molar refractivity (Wildman–Crippen MR) is 106 cm³/mol. The molecule has 1 aliphatic heterocycles. The van der Waals surface area contributed by atoms with Crippen LogP contribution in [0.4, 0.5) is 19.1 Å². The molecule has 3 heterocycles. The van der Waals surface area contributed by atoms with Crippen LogP contribution in [0.3, 0.4) is 0 Å². The quantitative estimate of drug-likeness (QED) is 0.496. The highest BCUT2D eigenvalue weighted by molar-refractivity contribution is 5.94. The number of fused-ring (bicyclic) bond motifs is 2. The Morgan fingerprint density at radius 3 is 2.55 bits per heavy atom. The molecule has 0 unspecified atom stereocenters. The Balaban J connectivity index is 1.80.